The van der Waals surface area contributed by atoms with Crippen LogP contribution in [-0.2, 0) is 5.79 Å². The van der Waals surface area contributed by atoms with Gasteiger partial charge in [0.25, 0.3) is 5.78 Å². The number of ketones is 1. The van der Waals surface area contributed by atoms with Crippen molar-refractivity contribution in [2.24, 2.45) is 0 Å². The molecule has 0 aromatic heterocycles. The minimum Gasteiger partial charge on any atom is -0.508 e. The van der Waals surface area contributed by atoms with Crippen LogP contribution in [0, 0.1) is 0 Å². The highest BCUT2D eigenvalue weighted by atomic mass is 16.8. The SMILES string of the molecule is O=C(O)c1ccc2c(c1)O[C@@]1(O)C(=O)c3c(O)cc(O)cc3O[C@@]1(c1ccc(O)c(O)c1)O2. The Morgan fingerprint density at radius 1 is 0.758 bits per heavy atom. The van der Waals surface area contributed by atoms with E-state index in [0.29, 0.717) is 0 Å². The minimum atomic E-state index is -3.04. The third-order valence-corrected chi connectivity index (χ3v) is 5.36. The molecule has 0 saturated heterocycles. The smallest absolute Gasteiger partial charge is 0.357 e. The molecule has 168 valence electrons. The molecule has 0 amide bonds. The number of carbonyl (C=O) groups is 2. The molecule has 0 unspecified atom stereocenters. The second-order valence-corrected chi connectivity index (χ2v) is 7.40. The Bertz CT molecular complexity index is 1360. The van der Waals surface area contributed by atoms with Crippen molar-refractivity contribution < 1.29 is 54.4 Å². The summed E-state index contributed by atoms with van der Waals surface area (Å²) < 4.78 is 17.3. The van der Waals surface area contributed by atoms with E-state index >= 15 is 0 Å². The normalized spacial score (nSPS) is 22.6. The summed E-state index contributed by atoms with van der Waals surface area (Å²) in [6, 6.07) is 8.46. The lowest BCUT2D eigenvalue weighted by Gasteiger charge is -2.49. The van der Waals surface area contributed by atoms with Crippen molar-refractivity contribution in [1.82, 2.24) is 0 Å². The molecule has 6 N–H and O–H groups in total. The summed E-state index contributed by atoms with van der Waals surface area (Å²) in [7, 11) is 0. The van der Waals surface area contributed by atoms with E-state index in [-0.39, 0.29) is 28.4 Å². The fourth-order valence-electron chi connectivity index (χ4n) is 3.80. The predicted octanol–water partition coefficient (Wildman–Crippen LogP) is 1.80. The molecule has 0 fully saturated rings. The molecule has 2 aliphatic heterocycles. The Morgan fingerprint density at radius 2 is 1.48 bits per heavy atom. The van der Waals surface area contributed by atoms with E-state index < -0.39 is 51.9 Å². The molecule has 2 heterocycles. The fraction of sp³-hybridized carbons (Fsp3) is 0.0909. The van der Waals surface area contributed by atoms with Crippen molar-refractivity contribution in [2.45, 2.75) is 11.6 Å². The number of aliphatic hydroxyl groups is 1. The molecule has 0 spiro atoms. The van der Waals surface area contributed by atoms with E-state index in [1.807, 2.05) is 0 Å². The van der Waals surface area contributed by atoms with Crippen LogP contribution in [0.5, 0.6) is 40.2 Å². The van der Waals surface area contributed by atoms with Gasteiger partial charge < -0.3 is 44.8 Å². The van der Waals surface area contributed by atoms with E-state index in [4.69, 9.17) is 14.2 Å². The lowest BCUT2D eigenvalue weighted by atomic mass is 9.85. The molecular formula is C22H14O11. The maximum Gasteiger partial charge on any atom is 0.357 e. The number of carboxylic acids is 1. The van der Waals surface area contributed by atoms with Gasteiger partial charge >= 0.3 is 17.5 Å². The predicted molar refractivity (Wildman–Crippen MR) is 106 cm³/mol. The van der Waals surface area contributed by atoms with E-state index in [0.717, 1.165) is 30.3 Å². The first kappa shape index (κ1) is 20.3. The van der Waals surface area contributed by atoms with Crippen molar-refractivity contribution in [1.29, 1.82) is 0 Å². The Kier molecular flexibility index (Phi) is 3.95. The third kappa shape index (κ3) is 2.66. The van der Waals surface area contributed by atoms with Crippen LogP contribution in [-0.4, -0.2) is 48.2 Å². The van der Waals surface area contributed by atoms with Crippen LogP contribution >= 0.6 is 0 Å². The molecule has 11 nitrogen and oxygen atoms in total. The Morgan fingerprint density at radius 3 is 2.18 bits per heavy atom. The maximum atomic E-state index is 13.5. The first-order valence-corrected chi connectivity index (χ1v) is 9.36. The minimum absolute atomic E-state index is 0.127. The van der Waals surface area contributed by atoms with Gasteiger partial charge in [-0.3, -0.25) is 4.79 Å². The van der Waals surface area contributed by atoms with Gasteiger partial charge in [-0.05, 0) is 36.4 Å². The van der Waals surface area contributed by atoms with Crippen molar-refractivity contribution >= 4 is 11.8 Å². The monoisotopic (exact) mass is 454 g/mol. The number of carboxylic acid groups (broad SMARTS) is 1. The number of phenolic OH excluding ortho intramolecular Hbond substituents is 4. The van der Waals surface area contributed by atoms with Gasteiger partial charge in [0, 0.05) is 17.7 Å². The van der Waals surface area contributed by atoms with Crippen LogP contribution < -0.4 is 14.2 Å². The van der Waals surface area contributed by atoms with Crippen molar-refractivity contribution in [3.63, 3.8) is 0 Å². The number of ether oxygens (including phenoxy) is 3. The van der Waals surface area contributed by atoms with Crippen LogP contribution in [0.25, 0.3) is 0 Å². The van der Waals surface area contributed by atoms with E-state index in [1.54, 1.807) is 0 Å². The van der Waals surface area contributed by atoms with Gasteiger partial charge in [0.1, 0.15) is 22.8 Å². The van der Waals surface area contributed by atoms with Crippen molar-refractivity contribution in [2.75, 3.05) is 0 Å². The van der Waals surface area contributed by atoms with Gasteiger partial charge in [0.05, 0.1) is 5.56 Å². The lowest BCUT2D eigenvalue weighted by molar-refractivity contribution is -0.316. The number of rotatable bonds is 2. The molecule has 0 saturated carbocycles. The van der Waals surface area contributed by atoms with E-state index in [1.165, 1.54) is 18.2 Å². The summed E-state index contributed by atoms with van der Waals surface area (Å²) in [4.78, 5) is 24.8. The van der Waals surface area contributed by atoms with Gasteiger partial charge in [-0.15, -0.1) is 0 Å². The molecule has 0 bridgehead atoms. The van der Waals surface area contributed by atoms with Crippen LogP contribution in [0.1, 0.15) is 26.3 Å². The first-order chi connectivity index (χ1) is 15.6. The maximum absolute atomic E-state index is 13.5. The van der Waals surface area contributed by atoms with Gasteiger partial charge in [-0.2, -0.15) is 0 Å². The van der Waals surface area contributed by atoms with E-state index in [2.05, 4.69) is 0 Å². The first-order valence-electron chi connectivity index (χ1n) is 9.36. The van der Waals surface area contributed by atoms with Gasteiger partial charge in [-0.25, -0.2) is 4.79 Å². The largest absolute Gasteiger partial charge is 0.508 e. The number of aromatic carboxylic acids is 1. The lowest BCUT2D eigenvalue weighted by Crippen LogP contribution is -2.70. The van der Waals surface area contributed by atoms with Crippen molar-refractivity contribution in [3.8, 4) is 40.2 Å². The standard InChI is InChI=1S/C22H14O11/c23-11-7-14(26)18-17(8-11)33-22(10-2-3-12(24)13(25)6-10)21(30,19(18)27)31-16-5-9(20(28)29)1-4-15(16)32-22/h1-8,23-26,30H,(H,28,29)/t21-,22+/m0/s1. The number of carbonyl (C=O) groups excluding carboxylic acids is 1. The van der Waals surface area contributed by atoms with Crippen LogP contribution in [0.2, 0.25) is 0 Å². The molecule has 2 aliphatic rings. The molecular weight excluding hydrogens is 440 g/mol. The second kappa shape index (κ2) is 6.43. The number of hydrogen-bond donors (Lipinski definition) is 6. The molecule has 0 aliphatic carbocycles. The summed E-state index contributed by atoms with van der Waals surface area (Å²) in [5.74, 6) is -11.3. The molecule has 11 heteroatoms. The second-order valence-electron chi connectivity index (χ2n) is 7.40. The number of benzene rings is 3. The average Bonchev–Trinajstić information content (AvgIpc) is 2.74. The molecule has 0 radical (unpaired) electrons. The number of fused-ring (bicyclic) bond motifs is 3. The third-order valence-electron chi connectivity index (χ3n) is 5.36. The van der Waals surface area contributed by atoms with Gasteiger partial charge in [0.15, 0.2) is 23.0 Å². The summed E-state index contributed by atoms with van der Waals surface area (Å²) in [6.45, 7) is 0. The van der Waals surface area contributed by atoms with Crippen LogP contribution in [0.3, 0.4) is 0 Å². The molecule has 3 aromatic rings. The zero-order valence-corrected chi connectivity index (χ0v) is 16.3. The summed E-state index contributed by atoms with van der Waals surface area (Å²) in [6.07, 6.45) is 0. The molecule has 3 aromatic carbocycles. The topological polar surface area (TPSA) is 183 Å². The Labute approximate surface area is 183 Å². The summed E-state index contributed by atoms with van der Waals surface area (Å²) in [5, 5.41) is 60.7. The van der Waals surface area contributed by atoms with Gasteiger partial charge in [0.2, 0.25) is 0 Å². The number of aromatic hydroxyl groups is 4. The van der Waals surface area contributed by atoms with Crippen LogP contribution in [0.15, 0.2) is 48.5 Å². The van der Waals surface area contributed by atoms with E-state index in [9.17, 15) is 40.2 Å². The van der Waals surface area contributed by atoms with Gasteiger partial charge in [-0.1, -0.05) is 0 Å². The Balaban J connectivity index is 1.80. The molecule has 2 atom stereocenters. The molecule has 33 heavy (non-hydrogen) atoms. The van der Waals surface area contributed by atoms with Crippen LogP contribution in [0.4, 0.5) is 0 Å². The zero-order valence-electron chi connectivity index (χ0n) is 16.3. The average molecular weight is 454 g/mol. The summed E-state index contributed by atoms with van der Waals surface area (Å²) in [5.41, 5.74) is -0.946. The fourth-order valence-corrected chi connectivity index (χ4v) is 3.80. The van der Waals surface area contributed by atoms with Crippen molar-refractivity contribution in [3.05, 3.63) is 65.2 Å². The number of Topliss-reactive ketones (excluding diaryl/α,β-unsaturated/α-hetero) is 1. The summed E-state index contributed by atoms with van der Waals surface area (Å²) >= 11 is 0. The highest BCUT2D eigenvalue weighted by molar-refractivity contribution is 6.08. The highest BCUT2D eigenvalue weighted by Crippen LogP contribution is 2.55. The Hall–Kier alpha value is -4.64. The number of phenols is 4. The highest BCUT2D eigenvalue weighted by Gasteiger charge is 2.70. The molecule has 5 rings (SSSR count). The quantitative estimate of drug-likeness (QED) is 0.310. The zero-order chi connectivity index (χ0) is 23.7. The number of hydrogen-bond acceptors (Lipinski definition) is 10.